The first-order valence-corrected chi connectivity index (χ1v) is 11.4. The molecule has 0 N–H and O–H groups in total. The Labute approximate surface area is 192 Å². The van der Waals surface area contributed by atoms with Crippen LogP contribution >= 0.6 is 0 Å². The van der Waals surface area contributed by atoms with Crippen molar-refractivity contribution in [2.24, 2.45) is 0 Å². The van der Waals surface area contributed by atoms with Gasteiger partial charge in [0.15, 0.2) is 5.65 Å². The van der Waals surface area contributed by atoms with Crippen LogP contribution in [0.3, 0.4) is 0 Å². The van der Waals surface area contributed by atoms with Crippen LogP contribution in [0, 0.1) is 0 Å². The predicted molar refractivity (Wildman–Crippen MR) is 139 cm³/mol. The van der Waals surface area contributed by atoms with Crippen molar-refractivity contribution in [2.45, 2.75) is 0 Å². The molecule has 0 atom stereocenters. The van der Waals surface area contributed by atoms with Crippen molar-refractivity contribution >= 4 is 82.1 Å². The summed E-state index contributed by atoms with van der Waals surface area (Å²) in [6.07, 6.45) is 0. The standard InChI is InChI=1S/C30H15N3O/c1-2-8-17-16(7-1)15-20-27-30(32-22-11-5-4-10-21(22)31-27)33-28-19(25(17)29(20)33)13-14-24-26(28)18-9-3-6-12-23(18)34-24/h1-15H. The average Bonchev–Trinajstić information content (AvgIpc) is 3.52. The van der Waals surface area contributed by atoms with Crippen molar-refractivity contribution in [1.29, 1.82) is 0 Å². The summed E-state index contributed by atoms with van der Waals surface area (Å²) in [4.78, 5) is 10.3. The van der Waals surface area contributed by atoms with E-state index in [1.807, 2.05) is 36.4 Å². The third-order valence-corrected chi connectivity index (χ3v) is 7.27. The Morgan fingerprint density at radius 2 is 1.29 bits per heavy atom. The maximum Gasteiger partial charge on any atom is 0.165 e. The Hall–Kier alpha value is -4.70. The summed E-state index contributed by atoms with van der Waals surface area (Å²) in [6, 6.07) is 31.6. The van der Waals surface area contributed by atoms with Gasteiger partial charge in [-0.25, -0.2) is 9.97 Å². The summed E-state index contributed by atoms with van der Waals surface area (Å²) in [5, 5.41) is 8.31. The minimum Gasteiger partial charge on any atom is -0.456 e. The minimum absolute atomic E-state index is 0.890. The SMILES string of the molecule is c1ccc2c(c1)cc1c3nc4ccccc4nc3n3c4c(ccc5oc6ccccc6c54)c2c13. The number of para-hydroxylation sites is 3. The maximum atomic E-state index is 6.27. The van der Waals surface area contributed by atoms with E-state index in [0.717, 1.165) is 55.0 Å². The van der Waals surface area contributed by atoms with Gasteiger partial charge in [-0.2, -0.15) is 0 Å². The van der Waals surface area contributed by atoms with E-state index in [2.05, 4.69) is 59.0 Å². The lowest BCUT2D eigenvalue weighted by Gasteiger charge is -2.03. The molecular weight excluding hydrogens is 418 g/mol. The van der Waals surface area contributed by atoms with Gasteiger partial charge in [0, 0.05) is 21.5 Å². The van der Waals surface area contributed by atoms with Crippen molar-refractivity contribution in [2.75, 3.05) is 0 Å². The highest BCUT2D eigenvalue weighted by Crippen LogP contribution is 2.45. The number of hydrogen-bond donors (Lipinski definition) is 0. The van der Waals surface area contributed by atoms with Gasteiger partial charge in [0.05, 0.1) is 27.5 Å². The third-order valence-electron chi connectivity index (χ3n) is 7.27. The number of benzene rings is 5. The molecule has 0 saturated carbocycles. The van der Waals surface area contributed by atoms with E-state index in [-0.39, 0.29) is 0 Å². The Bertz CT molecular complexity index is 2290. The molecule has 0 spiro atoms. The zero-order valence-electron chi connectivity index (χ0n) is 17.9. The van der Waals surface area contributed by atoms with E-state index in [9.17, 15) is 0 Å². The lowest BCUT2D eigenvalue weighted by molar-refractivity contribution is 0.669. The molecule has 0 fully saturated rings. The topological polar surface area (TPSA) is 43.3 Å². The highest BCUT2D eigenvalue weighted by molar-refractivity contribution is 6.34. The molecule has 4 heterocycles. The molecule has 9 rings (SSSR count). The van der Waals surface area contributed by atoms with Crippen LogP contribution in [0.15, 0.2) is 95.4 Å². The van der Waals surface area contributed by atoms with Gasteiger partial charge in [0.1, 0.15) is 16.7 Å². The predicted octanol–water partition coefficient (Wildman–Crippen LogP) is 7.83. The normalized spacial score (nSPS) is 12.7. The van der Waals surface area contributed by atoms with Crippen LogP contribution in [0.1, 0.15) is 0 Å². The van der Waals surface area contributed by atoms with Gasteiger partial charge in [-0.05, 0) is 47.2 Å². The Morgan fingerprint density at radius 3 is 2.21 bits per heavy atom. The van der Waals surface area contributed by atoms with Crippen molar-refractivity contribution in [3.8, 4) is 0 Å². The van der Waals surface area contributed by atoms with Gasteiger partial charge < -0.3 is 4.42 Å². The Morgan fingerprint density at radius 1 is 0.559 bits per heavy atom. The second kappa shape index (κ2) is 5.61. The molecule has 4 aromatic heterocycles. The molecule has 34 heavy (non-hydrogen) atoms. The summed E-state index contributed by atoms with van der Waals surface area (Å²) in [7, 11) is 0. The van der Waals surface area contributed by atoms with Gasteiger partial charge in [-0.15, -0.1) is 0 Å². The van der Waals surface area contributed by atoms with Crippen molar-refractivity contribution in [3.63, 3.8) is 0 Å². The molecular formula is C30H15N3O. The van der Waals surface area contributed by atoms with Crippen LogP contribution in [0.25, 0.3) is 82.1 Å². The largest absolute Gasteiger partial charge is 0.456 e. The summed E-state index contributed by atoms with van der Waals surface area (Å²) in [5.41, 5.74) is 7.75. The fourth-order valence-electron chi connectivity index (χ4n) is 5.91. The van der Waals surface area contributed by atoms with Gasteiger partial charge >= 0.3 is 0 Å². The third kappa shape index (κ3) is 1.84. The lowest BCUT2D eigenvalue weighted by Crippen LogP contribution is -1.89. The van der Waals surface area contributed by atoms with Crippen molar-refractivity contribution < 1.29 is 4.42 Å². The number of fused-ring (bicyclic) bond motifs is 13. The molecule has 4 heteroatoms. The molecule has 0 aliphatic carbocycles. The van der Waals surface area contributed by atoms with Gasteiger partial charge in [-0.3, -0.25) is 4.40 Å². The monoisotopic (exact) mass is 433 g/mol. The number of hydrogen-bond acceptors (Lipinski definition) is 3. The summed E-state index contributed by atoms with van der Waals surface area (Å²) < 4.78 is 8.59. The first-order valence-electron chi connectivity index (χ1n) is 11.4. The van der Waals surface area contributed by atoms with Gasteiger partial charge in [-0.1, -0.05) is 54.6 Å². The molecule has 0 radical (unpaired) electrons. The van der Waals surface area contributed by atoms with E-state index in [0.29, 0.717) is 0 Å². The lowest BCUT2D eigenvalue weighted by atomic mass is 10.0. The highest BCUT2D eigenvalue weighted by Gasteiger charge is 2.24. The maximum absolute atomic E-state index is 6.27. The van der Waals surface area contributed by atoms with Crippen LogP contribution in [0.2, 0.25) is 0 Å². The summed E-state index contributed by atoms with van der Waals surface area (Å²) >= 11 is 0. The molecule has 0 aliphatic rings. The highest BCUT2D eigenvalue weighted by atomic mass is 16.3. The average molecular weight is 433 g/mol. The second-order valence-corrected chi connectivity index (χ2v) is 9.02. The van der Waals surface area contributed by atoms with Crippen LogP contribution in [0.5, 0.6) is 0 Å². The summed E-state index contributed by atoms with van der Waals surface area (Å²) in [6.45, 7) is 0. The van der Waals surface area contributed by atoms with Crippen LogP contribution < -0.4 is 0 Å². The fourth-order valence-corrected chi connectivity index (χ4v) is 5.91. The molecule has 0 unspecified atom stereocenters. The van der Waals surface area contributed by atoms with E-state index in [1.54, 1.807) is 0 Å². The van der Waals surface area contributed by atoms with Crippen LogP contribution in [0.4, 0.5) is 0 Å². The molecule has 0 aliphatic heterocycles. The van der Waals surface area contributed by atoms with E-state index < -0.39 is 0 Å². The van der Waals surface area contributed by atoms with Crippen molar-refractivity contribution in [1.82, 2.24) is 14.4 Å². The smallest absolute Gasteiger partial charge is 0.165 e. The fraction of sp³-hybridized carbons (Fsp3) is 0. The molecule has 156 valence electrons. The first-order chi connectivity index (χ1) is 16.9. The Kier molecular flexibility index (Phi) is 2.78. The van der Waals surface area contributed by atoms with E-state index in [4.69, 9.17) is 14.4 Å². The molecule has 9 aromatic rings. The molecule has 0 amide bonds. The number of furan rings is 1. The first kappa shape index (κ1) is 16.9. The van der Waals surface area contributed by atoms with Gasteiger partial charge in [0.2, 0.25) is 0 Å². The number of aromatic nitrogens is 3. The van der Waals surface area contributed by atoms with Crippen LogP contribution in [-0.2, 0) is 0 Å². The van der Waals surface area contributed by atoms with E-state index >= 15 is 0 Å². The second-order valence-electron chi connectivity index (χ2n) is 9.02. The molecule has 4 nitrogen and oxygen atoms in total. The van der Waals surface area contributed by atoms with Crippen molar-refractivity contribution in [3.05, 3.63) is 91.0 Å². The minimum atomic E-state index is 0.890. The zero-order chi connectivity index (χ0) is 22.0. The molecule has 0 saturated heterocycles. The van der Waals surface area contributed by atoms with E-state index in [1.165, 1.54) is 27.1 Å². The Balaban J connectivity index is 1.71. The zero-order valence-corrected chi connectivity index (χ0v) is 17.9. The number of rotatable bonds is 0. The quantitative estimate of drug-likeness (QED) is 0.245. The summed E-state index contributed by atoms with van der Waals surface area (Å²) in [5.74, 6) is 0. The van der Waals surface area contributed by atoms with Gasteiger partial charge in [0.25, 0.3) is 0 Å². The van der Waals surface area contributed by atoms with Crippen LogP contribution in [-0.4, -0.2) is 14.4 Å². The number of nitrogens with zero attached hydrogens (tertiary/aromatic N) is 3. The molecule has 0 bridgehead atoms. The molecule has 5 aromatic carbocycles.